The monoisotopic (exact) mass is 311 g/mol. The predicted octanol–water partition coefficient (Wildman–Crippen LogP) is 2.52. The van der Waals surface area contributed by atoms with Crippen LogP contribution in [0.1, 0.15) is 60.8 Å². The van der Waals surface area contributed by atoms with Crippen LogP contribution in [0.25, 0.3) is 0 Å². The van der Waals surface area contributed by atoms with Crippen molar-refractivity contribution in [3.63, 3.8) is 0 Å². The van der Waals surface area contributed by atoms with E-state index in [0.717, 1.165) is 38.4 Å². The number of hydrogen-bond donors (Lipinski definition) is 1. The van der Waals surface area contributed by atoms with Crippen LogP contribution in [0, 0.1) is 5.92 Å². The van der Waals surface area contributed by atoms with Gasteiger partial charge in [0.2, 0.25) is 0 Å². The number of Topliss-reactive ketones (excluding diaryl/α,β-unsaturated/α-hetero) is 1. The average Bonchev–Trinajstić information content (AvgIpc) is 2.87. The smallest absolute Gasteiger partial charge is 0.135 e. The number of carbonyl (C=O) groups excluding carboxylic acids is 1. The van der Waals surface area contributed by atoms with Crippen molar-refractivity contribution in [1.29, 1.82) is 0 Å². The molecule has 1 atom stereocenters. The SMILES string of the molecule is CC(C)(C)N1CCC(=O)CC1.CC(C)(C)N1CCC(CN)C1. The van der Waals surface area contributed by atoms with Gasteiger partial charge in [0.05, 0.1) is 0 Å². The van der Waals surface area contributed by atoms with Crippen molar-refractivity contribution in [1.82, 2.24) is 9.80 Å². The van der Waals surface area contributed by atoms with Crippen molar-refractivity contribution < 1.29 is 4.79 Å². The summed E-state index contributed by atoms with van der Waals surface area (Å²) in [4.78, 5) is 15.8. The first kappa shape index (κ1) is 19.6. The van der Waals surface area contributed by atoms with Crippen molar-refractivity contribution in [2.45, 2.75) is 71.9 Å². The quantitative estimate of drug-likeness (QED) is 0.808. The second-order valence-corrected chi connectivity index (χ2v) is 8.70. The van der Waals surface area contributed by atoms with Gasteiger partial charge in [-0.3, -0.25) is 14.6 Å². The summed E-state index contributed by atoms with van der Waals surface area (Å²) in [7, 11) is 0. The van der Waals surface area contributed by atoms with Crippen LogP contribution < -0.4 is 5.73 Å². The summed E-state index contributed by atoms with van der Waals surface area (Å²) < 4.78 is 0. The van der Waals surface area contributed by atoms with Crippen LogP contribution in [0.2, 0.25) is 0 Å². The van der Waals surface area contributed by atoms with Gasteiger partial charge in [-0.1, -0.05) is 0 Å². The van der Waals surface area contributed by atoms with Crippen LogP contribution in [-0.4, -0.2) is 59.4 Å². The summed E-state index contributed by atoms with van der Waals surface area (Å²) in [5.74, 6) is 1.17. The third-order valence-electron chi connectivity index (χ3n) is 4.84. The van der Waals surface area contributed by atoms with Gasteiger partial charge in [0.15, 0.2) is 0 Å². The van der Waals surface area contributed by atoms with Crippen LogP contribution in [0.15, 0.2) is 0 Å². The van der Waals surface area contributed by atoms with E-state index in [1.54, 1.807) is 0 Å². The van der Waals surface area contributed by atoms with Gasteiger partial charge in [0.25, 0.3) is 0 Å². The highest BCUT2D eigenvalue weighted by atomic mass is 16.1. The Bertz CT molecular complexity index is 344. The fourth-order valence-electron chi connectivity index (χ4n) is 3.06. The molecule has 22 heavy (non-hydrogen) atoms. The minimum Gasteiger partial charge on any atom is -0.330 e. The fraction of sp³-hybridized carbons (Fsp3) is 0.944. The molecular weight excluding hydrogens is 274 g/mol. The Hall–Kier alpha value is -0.450. The number of hydrogen-bond acceptors (Lipinski definition) is 4. The molecule has 0 aromatic rings. The van der Waals surface area contributed by atoms with E-state index in [0.29, 0.717) is 11.3 Å². The molecule has 2 saturated heterocycles. The van der Waals surface area contributed by atoms with E-state index < -0.39 is 0 Å². The molecule has 2 N–H and O–H groups in total. The Balaban J connectivity index is 0.000000220. The zero-order valence-electron chi connectivity index (χ0n) is 15.6. The lowest BCUT2D eigenvalue weighted by molar-refractivity contribution is -0.122. The molecule has 0 aromatic heterocycles. The lowest BCUT2D eigenvalue weighted by Gasteiger charge is -2.37. The molecular formula is C18H37N3O. The number of ketones is 1. The summed E-state index contributed by atoms with van der Waals surface area (Å²) in [5.41, 5.74) is 6.19. The van der Waals surface area contributed by atoms with Gasteiger partial charge in [0.1, 0.15) is 5.78 Å². The highest BCUT2D eigenvalue weighted by molar-refractivity contribution is 5.79. The summed E-state index contributed by atoms with van der Waals surface area (Å²) in [6.07, 6.45) is 2.78. The molecule has 2 aliphatic rings. The molecule has 0 aromatic carbocycles. The third kappa shape index (κ3) is 6.35. The standard InChI is InChI=1S/C9H20N2.C9H17NO/c1-9(2,3)11-5-4-8(6-10)7-11;1-9(2,3)10-6-4-8(11)5-7-10/h8H,4-7,10H2,1-3H3;4-7H2,1-3H3. The molecule has 4 heteroatoms. The molecule has 0 saturated carbocycles. The third-order valence-corrected chi connectivity index (χ3v) is 4.84. The number of likely N-dealkylation sites (tertiary alicyclic amines) is 2. The van der Waals surface area contributed by atoms with Gasteiger partial charge >= 0.3 is 0 Å². The second-order valence-electron chi connectivity index (χ2n) is 8.70. The van der Waals surface area contributed by atoms with Crippen LogP contribution in [-0.2, 0) is 4.79 Å². The van der Waals surface area contributed by atoms with E-state index in [4.69, 9.17) is 5.73 Å². The minimum atomic E-state index is 0.237. The molecule has 2 aliphatic heterocycles. The number of piperidine rings is 1. The van der Waals surface area contributed by atoms with Crippen molar-refractivity contribution in [2.75, 3.05) is 32.7 Å². The first-order chi connectivity index (χ1) is 10.0. The Kier molecular flexibility index (Phi) is 7.03. The van der Waals surface area contributed by atoms with Crippen molar-refractivity contribution in [2.24, 2.45) is 11.7 Å². The normalized spacial score (nSPS) is 25.0. The van der Waals surface area contributed by atoms with E-state index in [2.05, 4.69) is 51.3 Å². The van der Waals surface area contributed by atoms with Crippen LogP contribution in [0.4, 0.5) is 0 Å². The van der Waals surface area contributed by atoms with Crippen molar-refractivity contribution in [3.05, 3.63) is 0 Å². The highest BCUT2D eigenvalue weighted by Crippen LogP contribution is 2.23. The molecule has 1 unspecified atom stereocenters. The molecule has 2 fully saturated rings. The molecule has 2 rings (SSSR count). The molecule has 0 spiro atoms. The molecule has 4 nitrogen and oxygen atoms in total. The number of nitrogens with two attached hydrogens (primary N) is 1. The Morgan fingerprint density at radius 2 is 1.45 bits per heavy atom. The maximum absolute atomic E-state index is 10.9. The van der Waals surface area contributed by atoms with Crippen LogP contribution in [0.5, 0.6) is 0 Å². The van der Waals surface area contributed by atoms with Gasteiger partial charge in [-0.05, 0) is 67.0 Å². The number of carbonyl (C=O) groups is 1. The van der Waals surface area contributed by atoms with E-state index >= 15 is 0 Å². The Morgan fingerprint density at radius 1 is 0.955 bits per heavy atom. The molecule has 0 radical (unpaired) electrons. The zero-order valence-corrected chi connectivity index (χ0v) is 15.6. The van der Waals surface area contributed by atoms with Gasteiger partial charge in [-0.25, -0.2) is 0 Å². The summed E-state index contributed by atoms with van der Waals surface area (Å²) in [6.45, 7) is 18.6. The molecule has 0 amide bonds. The predicted molar refractivity (Wildman–Crippen MR) is 94.1 cm³/mol. The molecule has 130 valence electrons. The molecule has 2 heterocycles. The van der Waals surface area contributed by atoms with Gasteiger partial charge in [-0.15, -0.1) is 0 Å². The van der Waals surface area contributed by atoms with E-state index in [1.807, 2.05) is 0 Å². The topological polar surface area (TPSA) is 49.6 Å². The molecule has 0 bridgehead atoms. The average molecular weight is 312 g/mol. The van der Waals surface area contributed by atoms with Crippen molar-refractivity contribution >= 4 is 5.78 Å². The number of nitrogens with zero attached hydrogens (tertiary/aromatic N) is 2. The van der Waals surface area contributed by atoms with E-state index in [9.17, 15) is 4.79 Å². The van der Waals surface area contributed by atoms with Crippen LogP contribution >= 0.6 is 0 Å². The molecule has 0 aliphatic carbocycles. The Morgan fingerprint density at radius 3 is 1.77 bits per heavy atom. The number of rotatable bonds is 1. The summed E-state index contributed by atoms with van der Waals surface area (Å²) >= 11 is 0. The largest absolute Gasteiger partial charge is 0.330 e. The van der Waals surface area contributed by atoms with Gasteiger partial charge < -0.3 is 5.73 Å². The summed E-state index contributed by atoms with van der Waals surface area (Å²) in [5, 5.41) is 0. The first-order valence-corrected chi connectivity index (χ1v) is 8.76. The van der Waals surface area contributed by atoms with Crippen LogP contribution in [0.3, 0.4) is 0 Å². The van der Waals surface area contributed by atoms with E-state index in [-0.39, 0.29) is 5.54 Å². The van der Waals surface area contributed by atoms with Crippen molar-refractivity contribution in [3.8, 4) is 0 Å². The van der Waals surface area contributed by atoms with Gasteiger partial charge in [-0.2, -0.15) is 0 Å². The first-order valence-electron chi connectivity index (χ1n) is 8.76. The fourth-order valence-corrected chi connectivity index (χ4v) is 3.06. The maximum Gasteiger partial charge on any atom is 0.135 e. The highest BCUT2D eigenvalue weighted by Gasteiger charge is 2.29. The minimum absolute atomic E-state index is 0.237. The lowest BCUT2D eigenvalue weighted by atomic mass is 10.0. The Labute approximate surface area is 137 Å². The zero-order chi connectivity index (χ0) is 17.0. The second kappa shape index (κ2) is 7.89. The van der Waals surface area contributed by atoms with Gasteiger partial charge in [0, 0.05) is 43.6 Å². The van der Waals surface area contributed by atoms with E-state index in [1.165, 1.54) is 19.5 Å². The lowest BCUT2D eigenvalue weighted by Crippen LogP contribution is -2.46. The maximum atomic E-state index is 10.9. The summed E-state index contributed by atoms with van der Waals surface area (Å²) in [6, 6.07) is 0.